The van der Waals surface area contributed by atoms with Crippen LogP contribution >= 0.6 is 0 Å². The summed E-state index contributed by atoms with van der Waals surface area (Å²) in [6.07, 6.45) is 1.04. The molecule has 2 rings (SSSR count). The summed E-state index contributed by atoms with van der Waals surface area (Å²) in [5.74, 6) is -0.0405. The number of aliphatic hydroxyl groups is 1. The average molecular weight is 280 g/mol. The van der Waals surface area contributed by atoms with Gasteiger partial charge in [0.1, 0.15) is 0 Å². The highest BCUT2D eigenvalue weighted by Crippen LogP contribution is 2.19. The molecule has 4 heteroatoms. The number of rotatable bonds is 5. The first kappa shape index (κ1) is 14.8. The van der Waals surface area contributed by atoms with Gasteiger partial charge in [0.05, 0.1) is 0 Å². The Morgan fingerprint density at radius 3 is 2.48 bits per heavy atom. The molecule has 0 atom stereocenters. The molecule has 0 unspecified atom stereocenters. The maximum Gasteiger partial charge on any atom is 0.392 e. The van der Waals surface area contributed by atoms with Crippen LogP contribution in [0.15, 0.2) is 60.8 Å². The maximum absolute atomic E-state index is 9.89. The summed E-state index contributed by atoms with van der Waals surface area (Å²) in [6.45, 7) is 1.51. The summed E-state index contributed by atoms with van der Waals surface area (Å²) in [6, 6.07) is 17.8. The van der Waals surface area contributed by atoms with Crippen LogP contribution in [0.4, 0.5) is 0 Å². The number of diazo groups is 1. The molecule has 2 aromatic rings. The van der Waals surface area contributed by atoms with Crippen LogP contribution in [-0.2, 0) is 13.1 Å². The number of nitrogens with zero attached hydrogens (tertiary/aromatic N) is 3. The van der Waals surface area contributed by atoms with Gasteiger partial charge in [0, 0.05) is 18.7 Å². The molecule has 0 aliphatic carbocycles. The van der Waals surface area contributed by atoms with Gasteiger partial charge in [-0.15, -0.1) is 0 Å². The summed E-state index contributed by atoms with van der Waals surface area (Å²) < 4.78 is 0. The third-order valence-corrected chi connectivity index (χ3v) is 3.21. The minimum Gasteiger partial charge on any atom is -0.501 e. The molecule has 0 aromatic heterocycles. The first-order valence-corrected chi connectivity index (χ1v) is 6.75. The smallest absolute Gasteiger partial charge is 0.392 e. The fourth-order valence-corrected chi connectivity index (χ4v) is 2.27. The van der Waals surface area contributed by atoms with Gasteiger partial charge in [0.2, 0.25) is 11.2 Å². The summed E-state index contributed by atoms with van der Waals surface area (Å²) in [4.78, 5) is 5.04. The van der Waals surface area contributed by atoms with Gasteiger partial charge in [-0.25, -0.2) is 0 Å². The molecule has 1 N–H and O–H groups in total. The molecule has 0 bridgehead atoms. The first-order valence-electron chi connectivity index (χ1n) is 6.75. The summed E-state index contributed by atoms with van der Waals surface area (Å²) >= 11 is 0. The van der Waals surface area contributed by atoms with Gasteiger partial charge in [-0.3, -0.25) is 4.90 Å². The van der Waals surface area contributed by atoms with Gasteiger partial charge in [-0.2, -0.15) is 0 Å². The lowest BCUT2D eigenvalue weighted by Crippen LogP contribution is -2.18. The second kappa shape index (κ2) is 7.22. The van der Waals surface area contributed by atoms with Crippen LogP contribution in [0.5, 0.6) is 0 Å². The lowest BCUT2D eigenvalue weighted by atomic mass is 10.1. The topological polar surface area (TPSA) is 51.6 Å². The lowest BCUT2D eigenvalue weighted by Gasteiger charge is -2.18. The molecule has 0 saturated carbocycles. The van der Waals surface area contributed by atoms with Crippen molar-refractivity contribution >= 4 is 5.76 Å². The van der Waals surface area contributed by atoms with Crippen molar-refractivity contribution in [2.75, 3.05) is 7.05 Å². The molecule has 0 fully saturated rings. The van der Waals surface area contributed by atoms with Crippen molar-refractivity contribution in [2.24, 2.45) is 0 Å². The molecular formula is C17H18N3O+. The average Bonchev–Trinajstić information content (AvgIpc) is 2.49. The van der Waals surface area contributed by atoms with Crippen LogP contribution in [0.2, 0.25) is 0 Å². The Labute approximate surface area is 124 Å². The summed E-state index contributed by atoms with van der Waals surface area (Å²) in [5.41, 5.74) is 2.89. The second-order valence-corrected chi connectivity index (χ2v) is 4.94. The molecule has 0 heterocycles. The van der Waals surface area contributed by atoms with Crippen LogP contribution in [-0.4, -0.2) is 17.1 Å². The normalized spacial score (nSPS) is 11.4. The highest BCUT2D eigenvalue weighted by molar-refractivity contribution is 5.62. The summed E-state index contributed by atoms with van der Waals surface area (Å²) in [5, 5.41) is 18.4. The van der Waals surface area contributed by atoms with E-state index in [0.717, 1.165) is 18.3 Å². The van der Waals surface area contributed by atoms with Crippen molar-refractivity contribution in [1.82, 2.24) is 4.90 Å². The lowest BCUT2D eigenvalue weighted by molar-refractivity contribution is 0.318. The van der Waals surface area contributed by atoms with Gasteiger partial charge in [0.15, 0.2) is 4.98 Å². The summed E-state index contributed by atoms with van der Waals surface area (Å²) in [7, 11) is 2.03. The van der Waals surface area contributed by atoms with E-state index in [4.69, 9.17) is 5.39 Å². The highest BCUT2D eigenvalue weighted by atomic mass is 16.3. The van der Waals surface area contributed by atoms with Crippen molar-refractivity contribution in [3.8, 4) is 0 Å². The van der Waals surface area contributed by atoms with E-state index < -0.39 is 0 Å². The van der Waals surface area contributed by atoms with E-state index in [1.54, 1.807) is 0 Å². The van der Waals surface area contributed by atoms with Crippen molar-refractivity contribution < 1.29 is 5.11 Å². The van der Waals surface area contributed by atoms with Crippen LogP contribution in [0.3, 0.4) is 0 Å². The molecular weight excluding hydrogens is 262 g/mol. The SMILES string of the molecule is CN(Cc1ccccc1)Cc1ccccc1/C(O)=C\[N+]#N. The van der Waals surface area contributed by atoms with E-state index in [1.165, 1.54) is 5.56 Å². The van der Waals surface area contributed by atoms with Crippen LogP contribution in [0, 0.1) is 5.39 Å². The molecule has 106 valence electrons. The molecule has 0 aliphatic rings. The molecule has 4 nitrogen and oxygen atoms in total. The fraction of sp³-hybridized carbons (Fsp3) is 0.176. The molecule has 0 radical (unpaired) electrons. The largest absolute Gasteiger partial charge is 0.501 e. The van der Waals surface area contributed by atoms with Crippen LogP contribution < -0.4 is 0 Å². The zero-order chi connectivity index (χ0) is 15.1. The molecule has 21 heavy (non-hydrogen) atoms. The van der Waals surface area contributed by atoms with E-state index in [9.17, 15) is 5.11 Å². The van der Waals surface area contributed by atoms with E-state index >= 15 is 0 Å². The van der Waals surface area contributed by atoms with E-state index in [-0.39, 0.29) is 5.76 Å². The standard InChI is InChI=1S/C17H17N3O/c1-20(12-14-7-3-2-4-8-14)13-15-9-5-6-10-16(15)17(21)11-19-18/h2-11H,12-13H2,1H3/p+1/b17-11+. The first-order chi connectivity index (χ1) is 10.2. The van der Waals surface area contributed by atoms with Gasteiger partial charge in [-0.05, 0) is 18.2 Å². The van der Waals surface area contributed by atoms with E-state index in [2.05, 4.69) is 22.0 Å². The van der Waals surface area contributed by atoms with Gasteiger partial charge in [-0.1, -0.05) is 54.6 Å². The van der Waals surface area contributed by atoms with E-state index in [1.807, 2.05) is 49.5 Å². The quantitative estimate of drug-likeness (QED) is 0.664. The fourth-order valence-electron chi connectivity index (χ4n) is 2.27. The molecule has 0 amide bonds. The Hall–Kier alpha value is -2.64. The molecule has 0 spiro atoms. The Kier molecular flexibility index (Phi) is 5.08. The minimum absolute atomic E-state index is 0.0405. The van der Waals surface area contributed by atoms with E-state index in [0.29, 0.717) is 12.1 Å². The number of hydrogen-bond acceptors (Lipinski definition) is 3. The van der Waals surface area contributed by atoms with Crippen LogP contribution in [0.25, 0.3) is 10.7 Å². The minimum atomic E-state index is -0.0405. The Morgan fingerprint density at radius 1 is 1.10 bits per heavy atom. The van der Waals surface area contributed by atoms with Crippen molar-refractivity contribution in [3.63, 3.8) is 0 Å². The van der Waals surface area contributed by atoms with Gasteiger partial charge < -0.3 is 5.11 Å². The monoisotopic (exact) mass is 280 g/mol. The van der Waals surface area contributed by atoms with Crippen molar-refractivity contribution in [1.29, 1.82) is 5.39 Å². The third-order valence-electron chi connectivity index (χ3n) is 3.21. The predicted octanol–water partition coefficient (Wildman–Crippen LogP) is 4.03. The Bertz CT molecular complexity index is 659. The van der Waals surface area contributed by atoms with Gasteiger partial charge >= 0.3 is 6.20 Å². The Morgan fingerprint density at radius 2 is 1.76 bits per heavy atom. The zero-order valence-corrected chi connectivity index (χ0v) is 12.0. The number of aliphatic hydroxyl groups excluding tert-OH is 1. The van der Waals surface area contributed by atoms with Crippen molar-refractivity contribution in [2.45, 2.75) is 13.1 Å². The zero-order valence-electron chi connectivity index (χ0n) is 12.0. The van der Waals surface area contributed by atoms with Crippen molar-refractivity contribution in [3.05, 3.63) is 82.5 Å². The number of benzene rings is 2. The molecule has 2 aromatic carbocycles. The Balaban J connectivity index is 2.13. The highest BCUT2D eigenvalue weighted by Gasteiger charge is 2.11. The maximum atomic E-state index is 9.89. The predicted molar refractivity (Wildman–Crippen MR) is 83.7 cm³/mol. The number of hydrogen-bond donors (Lipinski definition) is 1. The van der Waals surface area contributed by atoms with Gasteiger partial charge in [0.25, 0.3) is 0 Å². The molecule has 0 saturated heterocycles. The third kappa shape index (κ3) is 4.16. The molecule has 0 aliphatic heterocycles. The van der Waals surface area contributed by atoms with Crippen LogP contribution in [0.1, 0.15) is 16.7 Å². The second-order valence-electron chi connectivity index (χ2n) is 4.94.